The van der Waals surface area contributed by atoms with Crippen molar-refractivity contribution in [1.82, 2.24) is 5.32 Å². The second-order valence-electron chi connectivity index (χ2n) is 6.15. The van der Waals surface area contributed by atoms with E-state index in [-0.39, 0.29) is 23.5 Å². The van der Waals surface area contributed by atoms with Crippen LogP contribution in [0.25, 0.3) is 0 Å². The van der Waals surface area contributed by atoms with Gasteiger partial charge in [-0.3, -0.25) is 19.7 Å². The Morgan fingerprint density at radius 2 is 1.93 bits per heavy atom. The van der Waals surface area contributed by atoms with Crippen molar-refractivity contribution < 1.29 is 19.2 Å². The summed E-state index contributed by atoms with van der Waals surface area (Å²) in [4.78, 5) is 34.6. The van der Waals surface area contributed by atoms with Crippen LogP contribution in [0.2, 0.25) is 0 Å². The summed E-state index contributed by atoms with van der Waals surface area (Å²) in [6.07, 6.45) is 0. The molecule has 27 heavy (non-hydrogen) atoms. The first kappa shape index (κ1) is 19.9. The fraction of sp³-hybridized carbons (Fsp3) is 0.263. The van der Waals surface area contributed by atoms with E-state index in [0.717, 1.165) is 11.6 Å². The van der Waals surface area contributed by atoms with Crippen molar-refractivity contribution in [3.05, 3.63) is 63.7 Å². The zero-order valence-electron chi connectivity index (χ0n) is 15.3. The van der Waals surface area contributed by atoms with Gasteiger partial charge < -0.3 is 15.4 Å². The zero-order chi connectivity index (χ0) is 20.0. The van der Waals surface area contributed by atoms with E-state index in [0.29, 0.717) is 11.6 Å². The van der Waals surface area contributed by atoms with Crippen molar-refractivity contribution in [2.45, 2.75) is 19.8 Å². The lowest BCUT2D eigenvalue weighted by Crippen LogP contribution is -2.32. The number of rotatable bonds is 7. The minimum absolute atomic E-state index is 0.0549. The fourth-order valence-corrected chi connectivity index (χ4v) is 2.42. The van der Waals surface area contributed by atoms with Crippen LogP contribution in [-0.4, -0.2) is 30.4 Å². The maximum absolute atomic E-state index is 12.2. The normalized spacial score (nSPS) is 10.4. The highest BCUT2D eigenvalue weighted by Crippen LogP contribution is 2.27. The molecule has 0 aliphatic rings. The largest absolute Gasteiger partial charge is 0.490 e. The highest BCUT2D eigenvalue weighted by molar-refractivity contribution is 5.99. The van der Waals surface area contributed by atoms with Crippen molar-refractivity contribution in [2.75, 3.05) is 19.0 Å². The highest BCUT2D eigenvalue weighted by Gasteiger charge is 2.18. The number of carbonyl (C=O) groups is 2. The van der Waals surface area contributed by atoms with Crippen LogP contribution >= 0.6 is 0 Å². The van der Waals surface area contributed by atoms with Gasteiger partial charge in [0.1, 0.15) is 0 Å². The molecule has 0 spiro atoms. The molecule has 0 saturated heterocycles. The summed E-state index contributed by atoms with van der Waals surface area (Å²) in [5.74, 6) is -0.606. The van der Waals surface area contributed by atoms with E-state index < -0.39 is 16.7 Å². The predicted molar refractivity (Wildman–Crippen MR) is 101 cm³/mol. The summed E-state index contributed by atoms with van der Waals surface area (Å²) in [7, 11) is 1.31. The molecule has 2 amide bonds. The van der Waals surface area contributed by atoms with E-state index in [1.54, 1.807) is 6.07 Å². The molecule has 0 aromatic heterocycles. The third-order valence-electron chi connectivity index (χ3n) is 3.88. The van der Waals surface area contributed by atoms with Crippen molar-refractivity contribution in [3.8, 4) is 5.75 Å². The van der Waals surface area contributed by atoms with Crippen LogP contribution in [0.1, 0.15) is 35.7 Å². The third kappa shape index (κ3) is 5.27. The first-order chi connectivity index (χ1) is 12.8. The zero-order valence-corrected chi connectivity index (χ0v) is 15.3. The Hall–Kier alpha value is -3.42. The third-order valence-corrected chi connectivity index (χ3v) is 3.88. The van der Waals surface area contributed by atoms with E-state index >= 15 is 0 Å². The Morgan fingerprint density at radius 3 is 2.56 bits per heavy atom. The maximum atomic E-state index is 12.2. The number of nitro groups is 1. The van der Waals surface area contributed by atoms with Gasteiger partial charge in [0.2, 0.25) is 5.91 Å². The lowest BCUT2D eigenvalue weighted by Gasteiger charge is -2.10. The molecule has 0 unspecified atom stereocenters. The summed E-state index contributed by atoms with van der Waals surface area (Å²) < 4.78 is 4.89. The van der Waals surface area contributed by atoms with Gasteiger partial charge in [-0.25, -0.2) is 0 Å². The SMILES string of the molecule is COc1ccc(C(=O)NCC(=O)Nc2cccc(C(C)C)c2)cc1[N+](=O)[O-]. The van der Waals surface area contributed by atoms with Gasteiger partial charge in [0.05, 0.1) is 18.6 Å². The van der Waals surface area contributed by atoms with Gasteiger partial charge in [0, 0.05) is 17.3 Å². The molecule has 0 aliphatic carbocycles. The molecule has 2 aromatic rings. The predicted octanol–water partition coefficient (Wildman–Crippen LogP) is 3.10. The summed E-state index contributed by atoms with van der Waals surface area (Å²) in [5.41, 5.74) is 1.47. The fourth-order valence-electron chi connectivity index (χ4n) is 2.42. The molecule has 8 nitrogen and oxygen atoms in total. The molecular weight excluding hydrogens is 350 g/mol. The summed E-state index contributed by atoms with van der Waals surface area (Å²) in [6.45, 7) is 3.84. The van der Waals surface area contributed by atoms with Crippen LogP contribution in [0.15, 0.2) is 42.5 Å². The highest BCUT2D eigenvalue weighted by atomic mass is 16.6. The van der Waals surface area contributed by atoms with Gasteiger partial charge >= 0.3 is 5.69 Å². The molecule has 8 heteroatoms. The van der Waals surface area contributed by atoms with Crippen LogP contribution in [0, 0.1) is 10.1 Å². The number of nitrogens with one attached hydrogen (secondary N) is 2. The average Bonchev–Trinajstić information content (AvgIpc) is 2.65. The van der Waals surface area contributed by atoms with E-state index in [1.807, 2.05) is 18.2 Å². The first-order valence-electron chi connectivity index (χ1n) is 8.32. The molecule has 2 aromatic carbocycles. The molecule has 0 saturated carbocycles. The molecule has 0 heterocycles. The Balaban J connectivity index is 1.99. The molecule has 0 bridgehead atoms. The minimum Gasteiger partial charge on any atom is -0.490 e. The molecule has 2 rings (SSSR count). The molecule has 0 fully saturated rings. The van der Waals surface area contributed by atoms with Gasteiger partial charge in [-0.2, -0.15) is 0 Å². The van der Waals surface area contributed by atoms with E-state index in [4.69, 9.17) is 4.74 Å². The smallest absolute Gasteiger partial charge is 0.311 e. The van der Waals surface area contributed by atoms with Crippen LogP contribution in [0.4, 0.5) is 11.4 Å². The van der Waals surface area contributed by atoms with E-state index in [9.17, 15) is 19.7 Å². The molecule has 0 atom stereocenters. The number of hydrogen-bond acceptors (Lipinski definition) is 5. The number of benzene rings is 2. The van der Waals surface area contributed by atoms with Gasteiger partial charge in [-0.05, 0) is 35.7 Å². The number of amides is 2. The number of nitro benzene ring substituents is 1. The minimum atomic E-state index is -0.635. The van der Waals surface area contributed by atoms with Gasteiger partial charge in [-0.15, -0.1) is 0 Å². The van der Waals surface area contributed by atoms with Gasteiger partial charge in [0.25, 0.3) is 5.91 Å². The lowest BCUT2D eigenvalue weighted by molar-refractivity contribution is -0.385. The number of nitrogens with zero attached hydrogens (tertiary/aromatic N) is 1. The van der Waals surface area contributed by atoms with Crippen LogP contribution in [0.3, 0.4) is 0 Å². The van der Waals surface area contributed by atoms with E-state index in [2.05, 4.69) is 24.5 Å². The maximum Gasteiger partial charge on any atom is 0.311 e. The molecule has 0 aliphatic heterocycles. The Bertz CT molecular complexity index is 864. The van der Waals surface area contributed by atoms with Crippen molar-refractivity contribution in [1.29, 1.82) is 0 Å². The van der Waals surface area contributed by atoms with Gasteiger partial charge in [-0.1, -0.05) is 26.0 Å². The Labute approximate surface area is 156 Å². The molecular formula is C19H21N3O5. The second kappa shape index (κ2) is 8.79. The monoisotopic (exact) mass is 371 g/mol. The number of hydrogen-bond donors (Lipinski definition) is 2. The second-order valence-corrected chi connectivity index (χ2v) is 6.15. The van der Waals surface area contributed by atoms with Crippen LogP contribution in [0.5, 0.6) is 5.75 Å². The van der Waals surface area contributed by atoms with Crippen molar-refractivity contribution >= 4 is 23.2 Å². The number of anilines is 1. The number of methoxy groups -OCH3 is 1. The summed E-state index contributed by atoms with van der Waals surface area (Å²) in [5, 5.41) is 16.2. The quantitative estimate of drug-likeness (QED) is 0.574. The molecule has 0 radical (unpaired) electrons. The summed E-state index contributed by atoms with van der Waals surface area (Å²) >= 11 is 0. The average molecular weight is 371 g/mol. The number of ether oxygens (including phenoxy) is 1. The van der Waals surface area contributed by atoms with Crippen LogP contribution in [-0.2, 0) is 4.79 Å². The Morgan fingerprint density at radius 1 is 1.19 bits per heavy atom. The Kier molecular flexibility index (Phi) is 6.48. The summed E-state index contributed by atoms with van der Waals surface area (Å²) in [6, 6.07) is 11.3. The van der Waals surface area contributed by atoms with Crippen molar-refractivity contribution in [3.63, 3.8) is 0 Å². The van der Waals surface area contributed by atoms with Crippen molar-refractivity contribution in [2.24, 2.45) is 0 Å². The van der Waals surface area contributed by atoms with Gasteiger partial charge in [0.15, 0.2) is 5.75 Å². The topological polar surface area (TPSA) is 111 Å². The first-order valence-corrected chi connectivity index (χ1v) is 8.32. The standard InChI is InChI=1S/C19H21N3O5/c1-12(2)13-5-4-6-15(9-13)21-18(23)11-20-19(24)14-7-8-17(27-3)16(10-14)22(25)26/h4-10,12H,11H2,1-3H3,(H,20,24)(H,21,23). The lowest BCUT2D eigenvalue weighted by atomic mass is 10.0. The molecule has 142 valence electrons. The van der Waals surface area contributed by atoms with Crippen LogP contribution < -0.4 is 15.4 Å². The number of carbonyl (C=O) groups excluding carboxylic acids is 2. The molecule has 2 N–H and O–H groups in total. The van der Waals surface area contributed by atoms with E-state index in [1.165, 1.54) is 19.2 Å².